The van der Waals surface area contributed by atoms with Crippen molar-refractivity contribution < 1.29 is 19.1 Å². The van der Waals surface area contributed by atoms with Crippen molar-refractivity contribution in [1.29, 1.82) is 0 Å². The molecule has 2 N–H and O–H groups in total. The molecule has 6 nitrogen and oxygen atoms in total. The van der Waals surface area contributed by atoms with Gasteiger partial charge in [0.05, 0.1) is 11.1 Å². The summed E-state index contributed by atoms with van der Waals surface area (Å²) < 4.78 is 11.9. The minimum atomic E-state index is -0.466. The smallest absolute Gasteiger partial charge is 0.276 e. The van der Waals surface area contributed by atoms with Crippen LogP contribution < -0.4 is 20.3 Å². The first-order valence-corrected chi connectivity index (χ1v) is 12.2. The van der Waals surface area contributed by atoms with E-state index in [-0.39, 0.29) is 6.61 Å². The van der Waals surface area contributed by atoms with E-state index < -0.39 is 11.8 Å². The number of carbonyl (C=O) groups is 2. The monoisotopic (exact) mass is 524 g/mol. The fourth-order valence-electron chi connectivity index (χ4n) is 3.23. The Morgan fingerprint density at radius 3 is 2.26 bits per heavy atom. The van der Waals surface area contributed by atoms with Crippen LogP contribution in [0, 0.1) is 0 Å². The summed E-state index contributed by atoms with van der Waals surface area (Å²) in [5, 5.41) is 0. The van der Waals surface area contributed by atoms with Gasteiger partial charge in [-0.25, -0.2) is 0 Å². The van der Waals surface area contributed by atoms with E-state index in [4.69, 9.17) is 9.47 Å². The lowest BCUT2D eigenvalue weighted by Gasteiger charge is -2.11. The van der Waals surface area contributed by atoms with Crippen molar-refractivity contribution in [3.8, 4) is 22.6 Å². The van der Waals surface area contributed by atoms with Crippen LogP contribution in [0.5, 0.6) is 11.5 Å². The highest BCUT2D eigenvalue weighted by Crippen LogP contribution is 2.26. The molecule has 0 saturated carbocycles. The highest BCUT2D eigenvalue weighted by atomic mass is 79.9. The van der Waals surface area contributed by atoms with Crippen LogP contribution >= 0.6 is 15.9 Å². The SMILES string of the molecule is CCCCCCOc1ccc(C(=O)NNC(=O)COc2ccc(-c3ccccc3)cc2)cc1Br. The minimum absolute atomic E-state index is 0.223. The Labute approximate surface area is 208 Å². The number of benzene rings is 3. The highest BCUT2D eigenvalue weighted by Gasteiger charge is 2.11. The third kappa shape index (κ3) is 7.92. The van der Waals surface area contributed by atoms with Gasteiger partial charge in [-0.3, -0.25) is 20.4 Å². The first-order valence-electron chi connectivity index (χ1n) is 11.4. The molecule has 0 bridgehead atoms. The molecule has 3 aromatic carbocycles. The maximum atomic E-state index is 12.4. The quantitative estimate of drug-likeness (QED) is 0.241. The molecule has 0 aliphatic carbocycles. The average molecular weight is 525 g/mol. The van der Waals surface area contributed by atoms with Crippen LogP contribution in [-0.4, -0.2) is 25.0 Å². The molecule has 7 heteroatoms. The lowest BCUT2D eigenvalue weighted by Crippen LogP contribution is -2.43. The summed E-state index contributed by atoms with van der Waals surface area (Å²) in [6.45, 7) is 2.58. The largest absolute Gasteiger partial charge is 0.492 e. The fourth-order valence-corrected chi connectivity index (χ4v) is 3.72. The van der Waals surface area contributed by atoms with Gasteiger partial charge in [0.1, 0.15) is 11.5 Å². The molecule has 3 aromatic rings. The van der Waals surface area contributed by atoms with E-state index in [1.54, 1.807) is 30.3 Å². The normalized spacial score (nSPS) is 10.4. The molecular formula is C27H29BrN2O4. The van der Waals surface area contributed by atoms with Gasteiger partial charge in [-0.2, -0.15) is 0 Å². The van der Waals surface area contributed by atoms with Crippen LogP contribution in [0.2, 0.25) is 0 Å². The molecule has 0 unspecified atom stereocenters. The van der Waals surface area contributed by atoms with Crippen LogP contribution in [0.4, 0.5) is 0 Å². The second-order valence-corrected chi connectivity index (χ2v) is 8.59. The zero-order valence-corrected chi connectivity index (χ0v) is 20.8. The summed E-state index contributed by atoms with van der Waals surface area (Å²) in [6.07, 6.45) is 4.50. The number of hydrogen-bond donors (Lipinski definition) is 2. The summed E-state index contributed by atoms with van der Waals surface area (Å²) in [6, 6.07) is 22.5. The molecule has 3 rings (SSSR count). The number of unbranched alkanes of at least 4 members (excludes halogenated alkanes) is 3. The molecule has 0 atom stereocenters. The molecule has 34 heavy (non-hydrogen) atoms. The van der Waals surface area contributed by atoms with E-state index >= 15 is 0 Å². The molecule has 0 aromatic heterocycles. The van der Waals surface area contributed by atoms with Crippen molar-refractivity contribution >= 4 is 27.7 Å². The molecule has 0 fully saturated rings. The number of carbonyl (C=O) groups excluding carboxylic acids is 2. The Morgan fingerprint density at radius 2 is 1.56 bits per heavy atom. The Morgan fingerprint density at radius 1 is 0.824 bits per heavy atom. The van der Waals surface area contributed by atoms with Crippen molar-refractivity contribution in [3.63, 3.8) is 0 Å². The summed E-state index contributed by atoms with van der Waals surface area (Å²) >= 11 is 3.44. The number of hydrazine groups is 1. The number of ether oxygens (including phenoxy) is 2. The van der Waals surface area contributed by atoms with Crippen LogP contribution in [-0.2, 0) is 4.79 Å². The maximum Gasteiger partial charge on any atom is 0.276 e. The molecule has 0 aliphatic heterocycles. The average Bonchev–Trinajstić information content (AvgIpc) is 2.87. The van der Waals surface area contributed by atoms with Gasteiger partial charge in [-0.1, -0.05) is 68.7 Å². The van der Waals surface area contributed by atoms with Crippen LogP contribution in [0.15, 0.2) is 77.3 Å². The first-order chi connectivity index (χ1) is 16.6. The molecule has 2 amide bonds. The summed E-state index contributed by atoms with van der Waals surface area (Å²) in [7, 11) is 0. The molecule has 0 aliphatic rings. The summed E-state index contributed by atoms with van der Waals surface area (Å²) in [4.78, 5) is 24.4. The van der Waals surface area contributed by atoms with Crippen molar-refractivity contribution in [2.45, 2.75) is 32.6 Å². The maximum absolute atomic E-state index is 12.4. The van der Waals surface area contributed by atoms with Gasteiger partial charge >= 0.3 is 0 Å². The molecule has 0 heterocycles. The number of amides is 2. The number of rotatable bonds is 11. The third-order valence-electron chi connectivity index (χ3n) is 5.10. The van der Waals surface area contributed by atoms with Gasteiger partial charge in [0.25, 0.3) is 11.8 Å². The molecule has 0 saturated heterocycles. The minimum Gasteiger partial charge on any atom is -0.492 e. The van der Waals surface area contributed by atoms with E-state index in [0.29, 0.717) is 28.1 Å². The van der Waals surface area contributed by atoms with Crippen LogP contribution in [0.3, 0.4) is 0 Å². The zero-order chi connectivity index (χ0) is 24.2. The van der Waals surface area contributed by atoms with Gasteiger partial charge in [0.15, 0.2) is 6.61 Å². The van der Waals surface area contributed by atoms with Crippen LogP contribution in [0.1, 0.15) is 43.0 Å². The van der Waals surface area contributed by atoms with Gasteiger partial charge < -0.3 is 9.47 Å². The number of hydrogen-bond acceptors (Lipinski definition) is 4. The predicted octanol–water partition coefficient (Wildman–Crippen LogP) is 5.92. The summed E-state index contributed by atoms with van der Waals surface area (Å²) in [5.41, 5.74) is 7.32. The topological polar surface area (TPSA) is 76.7 Å². The summed E-state index contributed by atoms with van der Waals surface area (Å²) in [5.74, 6) is 0.349. The molecule has 0 radical (unpaired) electrons. The number of nitrogens with one attached hydrogen (secondary N) is 2. The molecule has 178 valence electrons. The standard InChI is InChI=1S/C27H29BrN2O4/c1-2-3-4-8-17-33-25-16-13-22(18-24(25)28)27(32)30-29-26(31)19-34-23-14-11-21(12-15-23)20-9-6-5-7-10-20/h5-7,9-16,18H,2-4,8,17,19H2,1H3,(H,29,31)(H,30,32). The first kappa shape index (κ1) is 25.3. The van der Waals surface area contributed by atoms with Crippen LogP contribution in [0.25, 0.3) is 11.1 Å². The van der Waals surface area contributed by atoms with Crippen molar-refractivity contribution in [2.24, 2.45) is 0 Å². The van der Waals surface area contributed by atoms with Crippen molar-refractivity contribution in [2.75, 3.05) is 13.2 Å². The van der Waals surface area contributed by atoms with E-state index in [1.807, 2.05) is 42.5 Å². The second-order valence-electron chi connectivity index (χ2n) is 7.74. The van der Waals surface area contributed by atoms with Gasteiger partial charge in [-0.05, 0) is 63.8 Å². The Bertz CT molecular complexity index is 1070. The lowest BCUT2D eigenvalue weighted by atomic mass is 10.1. The molecule has 0 spiro atoms. The van der Waals surface area contributed by atoms with Crippen molar-refractivity contribution in [1.82, 2.24) is 10.9 Å². The van der Waals surface area contributed by atoms with Crippen molar-refractivity contribution in [3.05, 3.63) is 82.8 Å². The zero-order valence-electron chi connectivity index (χ0n) is 19.2. The van der Waals surface area contributed by atoms with E-state index in [0.717, 1.165) is 24.0 Å². The Kier molecular flexibility index (Phi) is 9.98. The van der Waals surface area contributed by atoms with E-state index in [2.05, 4.69) is 33.7 Å². The predicted molar refractivity (Wildman–Crippen MR) is 137 cm³/mol. The Hall–Kier alpha value is -3.32. The Balaban J connectivity index is 1.41. The number of halogens is 1. The second kappa shape index (κ2) is 13.4. The van der Waals surface area contributed by atoms with Gasteiger partial charge in [0, 0.05) is 5.56 Å². The van der Waals surface area contributed by atoms with Gasteiger partial charge in [0.2, 0.25) is 0 Å². The third-order valence-corrected chi connectivity index (χ3v) is 5.72. The van der Waals surface area contributed by atoms with E-state index in [9.17, 15) is 9.59 Å². The fraction of sp³-hybridized carbons (Fsp3) is 0.259. The van der Waals surface area contributed by atoms with Gasteiger partial charge in [-0.15, -0.1) is 0 Å². The highest BCUT2D eigenvalue weighted by molar-refractivity contribution is 9.10. The molecular weight excluding hydrogens is 496 g/mol. The lowest BCUT2D eigenvalue weighted by molar-refractivity contribution is -0.123. The van der Waals surface area contributed by atoms with E-state index in [1.165, 1.54) is 12.8 Å².